The van der Waals surface area contributed by atoms with Gasteiger partial charge in [-0.15, -0.1) is 0 Å². The molecular weight excluding hydrogens is 500 g/mol. The van der Waals surface area contributed by atoms with Gasteiger partial charge in [0.05, 0.1) is 0 Å². The van der Waals surface area contributed by atoms with Crippen LogP contribution in [0.1, 0.15) is 50.6 Å². The molecule has 0 bridgehead atoms. The molecule has 1 amide bonds. The molecule has 10 nitrogen and oxygen atoms in total. The van der Waals surface area contributed by atoms with Crippen molar-refractivity contribution in [2.75, 3.05) is 35.6 Å². The van der Waals surface area contributed by atoms with Crippen molar-refractivity contribution in [2.24, 2.45) is 5.92 Å². The lowest BCUT2D eigenvalue weighted by Gasteiger charge is -2.11. The number of carbonyl (C=O) groups is 2. The van der Waals surface area contributed by atoms with Gasteiger partial charge in [0, 0.05) is 53.8 Å². The van der Waals surface area contributed by atoms with Gasteiger partial charge in [-0.25, -0.2) is 9.97 Å². The van der Waals surface area contributed by atoms with Gasteiger partial charge in [-0.2, -0.15) is 5.10 Å². The zero-order valence-electron chi connectivity index (χ0n) is 21.8. The molecule has 3 aromatic rings. The average Bonchev–Trinajstić information content (AvgIpc) is 3.68. The summed E-state index contributed by atoms with van der Waals surface area (Å²) in [6.07, 6.45) is 7.94. The summed E-state index contributed by atoms with van der Waals surface area (Å²) < 4.78 is 0. The van der Waals surface area contributed by atoms with Crippen LogP contribution in [0.4, 0.5) is 23.1 Å². The summed E-state index contributed by atoms with van der Waals surface area (Å²) in [5.41, 5.74) is 1.76. The highest BCUT2D eigenvalue weighted by molar-refractivity contribution is 7.99. The number of anilines is 4. The fourth-order valence-corrected chi connectivity index (χ4v) is 4.55. The van der Waals surface area contributed by atoms with Crippen molar-refractivity contribution in [3.05, 3.63) is 42.1 Å². The van der Waals surface area contributed by atoms with E-state index in [1.165, 1.54) is 11.8 Å². The second-order valence-corrected chi connectivity index (χ2v) is 10.5. The number of unbranched alkanes of at least 4 members (excludes halogenated alkanes) is 4. The molecule has 4 rings (SSSR count). The maximum Gasteiger partial charge on any atom is 0.227 e. The van der Waals surface area contributed by atoms with Crippen LogP contribution in [-0.2, 0) is 9.59 Å². The van der Waals surface area contributed by atoms with Crippen molar-refractivity contribution in [1.82, 2.24) is 25.5 Å². The minimum absolute atomic E-state index is 0.0981. The first-order valence-corrected chi connectivity index (χ1v) is 14.1. The quantitative estimate of drug-likeness (QED) is 0.0926. The number of carbonyl (C=O) groups excluding carboxylic acids is 2. The Morgan fingerprint density at radius 2 is 1.79 bits per heavy atom. The highest BCUT2D eigenvalue weighted by atomic mass is 32.2. The average molecular weight is 537 g/mol. The van der Waals surface area contributed by atoms with E-state index in [0.29, 0.717) is 23.2 Å². The molecular formula is C27H36N8O2S. The van der Waals surface area contributed by atoms with Gasteiger partial charge >= 0.3 is 0 Å². The smallest absolute Gasteiger partial charge is 0.227 e. The third-order valence-corrected chi connectivity index (χ3v) is 6.85. The van der Waals surface area contributed by atoms with Gasteiger partial charge in [-0.1, -0.05) is 12.8 Å². The minimum atomic E-state index is 0.0981. The van der Waals surface area contributed by atoms with Gasteiger partial charge in [-0.3, -0.25) is 9.89 Å². The Morgan fingerprint density at radius 3 is 2.53 bits per heavy atom. The van der Waals surface area contributed by atoms with Crippen molar-refractivity contribution in [3.8, 4) is 0 Å². The molecule has 2 heterocycles. The second-order valence-electron chi connectivity index (χ2n) is 9.42. The van der Waals surface area contributed by atoms with Crippen LogP contribution in [0, 0.1) is 12.8 Å². The van der Waals surface area contributed by atoms with E-state index in [4.69, 9.17) is 4.98 Å². The number of aromatic amines is 1. The van der Waals surface area contributed by atoms with E-state index >= 15 is 0 Å². The molecule has 0 spiro atoms. The van der Waals surface area contributed by atoms with Gasteiger partial charge in [0.25, 0.3) is 0 Å². The number of nitrogens with zero attached hydrogens (tertiary/aromatic N) is 3. The fraction of sp³-hybridized carbons (Fsp3) is 0.444. The lowest BCUT2D eigenvalue weighted by Crippen LogP contribution is -2.23. The summed E-state index contributed by atoms with van der Waals surface area (Å²) in [7, 11) is 0. The van der Waals surface area contributed by atoms with Crippen LogP contribution in [0.15, 0.2) is 46.5 Å². The number of benzene rings is 1. The van der Waals surface area contributed by atoms with Crippen LogP contribution >= 0.6 is 11.8 Å². The van der Waals surface area contributed by atoms with Crippen LogP contribution in [0.2, 0.25) is 0 Å². The predicted octanol–water partition coefficient (Wildman–Crippen LogP) is 4.90. The first kappa shape index (κ1) is 27.6. The Labute approximate surface area is 227 Å². The van der Waals surface area contributed by atoms with Gasteiger partial charge in [0.15, 0.2) is 11.0 Å². The Bertz CT molecular complexity index is 1180. The van der Waals surface area contributed by atoms with E-state index in [1.807, 2.05) is 43.3 Å². The van der Waals surface area contributed by atoms with Crippen molar-refractivity contribution >= 4 is 47.1 Å². The SMILES string of the molecule is Cc1cc(Nc2cc(NCCNCCCCCCC=O)nc(Sc3ccc(NC(=O)C4CC4)cc3)n2)n[nH]1. The molecule has 0 atom stereocenters. The molecule has 38 heavy (non-hydrogen) atoms. The van der Waals surface area contributed by atoms with Gasteiger partial charge in [0.2, 0.25) is 5.91 Å². The maximum absolute atomic E-state index is 12.0. The number of aromatic nitrogens is 4. The number of hydrogen-bond donors (Lipinski definition) is 5. The molecule has 1 aliphatic rings. The number of rotatable bonds is 17. The van der Waals surface area contributed by atoms with Crippen molar-refractivity contribution < 1.29 is 9.59 Å². The first-order chi connectivity index (χ1) is 18.6. The van der Waals surface area contributed by atoms with E-state index in [9.17, 15) is 9.59 Å². The molecule has 1 aromatic carbocycles. The number of amides is 1. The monoisotopic (exact) mass is 536 g/mol. The largest absolute Gasteiger partial charge is 0.369 e. The molecule has 202 valence electrons. The van der Waals surface area contributed by atoms with Crippen LogP contribution in [0.5, 0.6) is 0 Å². The number of nitrogens with one attached hydrogen (secondary N) is 5. The van der Waals surface area contributed by atoms with E-state index in [-0.39, 0.29) is 11.8 Å². The lowest BCUT2D eigenvalue weighted by atomic mass is 10.1. The van der Waals surface area contributed by atoms with Crippen molar-refractivity contribution in [2.45, 2.75) is 61.9 Å². The zero-order chi connectivity index (χ0) is 26.6. The molecule has 0 unspecified atom stereocenters. The molecule has 0 aliphatic heterocycles. The van der Waals surface area contributed by atoms with E-state index in [1.54, 1.807) is 0 Å². The molecule has 11 heteroatoms. The van der Waals surface area contributed by atoms with Gasteiger partial charge < -0.3 is 26.1 Å². The number of H-pyrrole nitrogens is 1. The van der Waals surface area contributed by atoms with Crippen LogP contribution in [-0.4, -0.2) is 52.0 Å². The molecule has 5 N–H and O–H groups in total. The standard InChI is InChI=1S/C27H36N8O2S/c1-19-17-25(35-34-19)31-24-18-23(29-15-14-28-13-5-3-2-4-6-16-36)32-27(33-24)38-22-11-9-21(10-12-22)30-26(37)20-7-8-20/h9-12,16-18,20,28H,2-8,13-15H2,1H3,(H,30,37)(H3,29,31,32,33,34,35). The van der Waals surface area contributed by atoms with Gasteiger partial charge in [0.1, 0.15) is 17.9 Å². The normalized spacial score (nSPS) is 12.8. The molecule has 1 saturated carbocycles. The Morgan fingerprint density at radius 1 is 1.00 bits per heavy atom. The topological polar surface area (TPSA) is 137 Å². The minimum Gasteiger partial charge on any atom is -0.369 e. The highest BCUT2D eigenvalue weighted by Crippen LogP contribution is 2.31. The van der Waals surface area contributed by atoms with Crippen LogP contribution in [0.3, 0.4) is 0 Å². The number of hydrogen-bond acceptors (Lipinski definition) is 9. The Kier molecular flexibility index (Phi) is 10.5. The van der Waals surface area contributed by atoms with E-state index in [0.717, 1.165) is 86.5 Å². The predicted molar refractivity (Wildman–Crippen MR) is 151 cm³/mol. The third-order valence-electron chi connectivity index (χ3n) is 5.98. The second kappa shape index (κ2) is 14.5. The molecule has 1 aliphatic carbocycles. The summed E-state index contributed by atoms with van der Waals surface area (Å²) in [4.78, 5) is 32.7. The number of aldehydes is 1. The van der Waals surface area contributed by atoms with Crippen LogP contribution in [0.25, 0.3) is 0 Å². The molecule has 0 saturated heterocycles. The molecule has 2 aromatic heterocycles. The van der Waals surface area contributed by atoms with Gasteiger partial charge in [-0.05, 0) is 75.2 Å². The lowest BCUT2D eigenvalue weighted by molar-refractivity contribution is -0.117. The summed E-state index contributed by atoms with van der Waals surface area (Å²) in [6, 6.07) is 11.5. The van der Waals surface area contributed by atoms with E-state index < -0.39 is 0 Å². The number of aryl methyl sites for hydroxylation is 1. The summed E-state index contributed by atoms with van der Waals surface area (Å²) in [6.45, 7) is 4.44. The molecule has 0 radical (unpaired) electrons. The third kappa shape index (κ3) is 9.46. The van der Waals surface area contributed by atoms with Crippen molar-refractivity contribution in [1.29, 1.82) is 0 Å². The van der Waals surface area contributed by atoms with E-state index in [2.05, 4.69) is 36.4 Å². The summed E-state index contributed by atoms with van der Waals surface area (Å²) in [5, 5.41) is 20.8. The van der Waals surface area contributed by atoms with Crippen molar-refractivity contribution in [3.63, 3.8) is 0 Å². The maximum atomic E-state index is 12.0. The fourth-order valence-electron chi connectivity index (χ4n) is 3.78. The van der Waals surface area contributed by atoms with Crippen LogP contribution < -0.4 is 21.3 Å². The Hall–Kier alpha value is -3.44. The highest BCUT2D eigenvalue weighted by Gasteiger charge is 2.29. The summed E-state index contributed by atoms with van der Waals surface area (Å²) >= 11 is 1.46. The molecule has 1 fully saturated rings. The Balaban J connectivity index is 1.32. The first-order valence-electron chi connectivity index (χ1n) is 13.2. The summed E-state index contributed by atoms with van der Waals surface area (Å²) in [5.74, 6) is 2.33. The zero-order valence-corrected chi connectivity index (χ0v) is 22.6.